The molecule has 1 heterocycles. The molecule has 0 saturated heterocycles. The van der Waals surface area contributed by atoms with Gasteiger partial charge in [-0.25, -0.2) is 32.1 Å². The van der Waals surface area contributed by atoms with Crippen LogP contribution in [0.2, 0.25) is 5.02 Å². The summed E-state index contributed by atoms with van der Waals surface area (Å²) in [6, 6.07) is 0. The maximum Gasteiger partial charge on any atom is 0.341 e. The van der Waals surface area contributed by atoms with Crippen molar-refractivity contribution in [2.75, 3.05) is 14.2 Å². The summed E-state index contributed by atoms with van der Waals surface area (Å²) >= 11 is 5.65. The molecule has 0 aliphatic carbocycles. The summed E-state index contributed by atoms with van der Waals surface area (Å²) < 4.78 is 60.0. The van der Waals surface area contributed by atoms with Gasteiger partial charge in [0.2, 0.25) is 0 Å². The van der Waals surface area contributed by atoms with E-state index >= 15 is 0 Å². The van der Waals surface area contributed by atoms with Crippen LogP contribution >= 0.6 is 11.6 Å². The van der Waals surface area contributed by atoms with Crippen LogP contribution in [0.25, 0.3) is 0 Å². The lowest BCUT2D eigenvalue weighted by atomic mass is 10.1. The van der Waals surface area contributed by atoms with Crippen LogP contribution < -0.4 is 0 Å². The molecule has 0 aliphatic rings. The highest BCUT2D eigenvalue weighted by Gasteiger charge is 2.34. The van der Waals surface area contributed by atoms with Crippen LogP contribution in [0.15, 0.2) is 0 Å². The molecule has 0 radical (unpaired) electrons. The fourth-order valence-electron chi connectivity index (χ4n) is 1.50. The van der Waals surface area contributed by atoms with Gasteiger partial charge < -0.3 is 9.47 Å². The minimum atomic E-state index is -3.37. The molecule has 0 spiro atoms. The lowest BCUT2D eigenvalue weighted by molar-refractivity contribution is 0.0576. The van der Waals surface area contributed by atoms with E-state index < -0.39 is 52.3 Å². The second kappa shape index (κ2) is 6.70. The fraction of sp³-hybridized carbons (Fsp3) is 0.364. The Morgan fingerprint density at radius 2 is 1.29 bits per heavy atom. The largest absolute Gasteiger partial charge is 0.465 e. The molecule has 10 heteroatoms. The number of hydrogen-bond donors (Lipinski definition) is 0. The quantitative estimate of drug-likeness (QED) is 0.627. The summed E-state index contributed by atoms with van der Waals surface area (Å²) in [5.41, 5.74) is -4.51. The van der Waals surface area contributed by atoms with E-state index in [1.807, 2.05) is 0 Å². The smallest absolute Gasteiger partial charge is 0.341 e. The second-order valence-electron chi connectivity index (χ2n) is 3.53. The van der Waals surface area contributed by atoms with Gasteiger partial charge in [-0.15, -0.1) is 0 Å². The highest BCUT2D eigenvalue weighted by molar-refractivity contribution is 6.36. The Labute approximate surface area is 120 Å². The van der Waals surface area contributed by atoms with E-state index in [9.17, 15) is 27.2 Å². The minimum absolute atomic E-state index is 0.868. The van der Waals surface area contributed by atoms with Gasteiger partial charge in [0.25, 0.3) is 12.9 Å². The number of nitrogens with zero attached hydrogens (tertiary/aromatic N) is 1. The third kappa shape index (κ3) is 3.23. The number of halogens is 5. The molecule has 0 bridgehead atoms. The maximum atomic E-state index is 12.9. The van der Waals surface area contributed by atoms with Crippen LogP contribution in [0.5, 0.6) is 0 Å². The zero-order valence-electron chi connectivity index (χ0n) is 10.6. The summed E-state index contributed by atoms with van der Waals surface area (Å²) in [6.07, 6.45) is -6.75. The molecule has 1 aromatic heterocycles. The number of esters is 2. The molecule has 5 nitrogen and oxygen atoms in total. The SMILES string of the molecule is COC(=O)c1c(C(F)F)nc(C(F)F)c(C(=O)OC)c1Cl. The highest BCUT2D eigenvalue weighted by Crippen LogP contribution is 2.35. The van der Waals surface area contributed by atoms with E-state index in [0.29, 0.717) is 0 Å². The Bertz CT molecular complexity index is 534. The van der Waals surface area contributed by atoms with Gasteiger partial charge >= 0.3 is 11.9 Å². The fourth-order valence-corrected chi connectivity index (χ4v) is 1.85. The minimum Gasteiger partial charge on any atom is -0.465 e. The standard InChI is InChI=1S/C11H8ClF4NO4/c1-20-10(18)3-5(12)4(11(19)21-2)7(9(15)16)17-6(3)8(13)14/h8-9H,1-2H3. The van der Waals surface area contributed by atoms with Gasteiger partial charge in [0, 0.05) is 0 Å². The molecule has 0 unspecified atom stereocenters. The first-order valence-corrected chi connectivity index (χ1v) is 5.60. The summed E-state index contributed by atoms with van der Waals surface area (Å²) in [4.78, 5) is 26.0. The number of hydrogen-bond acceptors (Lipinski definition) is 5. The Balaban J connectivity index is 3.80. The number of carbonyl (C=O) groups excluding carboxylic acids is 2. The predicted octanol–water partition coefficient (Wildman–Crippen LogP) is 3.18. The first kappa shape index (κ1) is 17.2. The number of rotatable bonds is 4. The Morgan fingerprint density at radius 3 is 1.52 bits per heavy atom. The molecule has 116 valence electrons. The third-order valence-electron chi connectivity index (χ3n) is 2.38. The van der Waals surface area contributed by atoms with Gasteiger partial charge in [-0.2, -0.15) is 0 Å². The highest BCUT2D eigenvalue weighted by atomic mass is 35.5. The Morgan fingerprint density at radius 1 is 0.952 bits per heavy atom. The van der Waals surface area contributed by atoms with Gasteiger partial charge in [-0.05, 0) is 0 Å². The molecule has 0 N–H and O–H groups in total. The van der Waals surface area contributed by atoms with Gasteiger partial charge in [0.1, 0.15) is 22.5 Å². The monoisotopic (exact) mass is 329 g/mol. The van der Waals surface area contributed by atoms with Crippen LogP contribution in [0, 0.1) is 0 Å². The first-order valence-electron chi connectivity index (χ1n) is 5.22. The molecule has 0 saturated carbocycles. The van der Waals surface area contributed by atoms with Crippen molar-refractivity contribution in [3.8, 4) is 0 Å². The zero-order valence-corrected chi connectivity index (χ0v) is 11.4. The van der Waals surface area contributed by atoms with Crippen molar-refractivity contribution in [2.24, 2.45) is 0 Å². The van der Waals surface area contributed by atoms with Crippen molar-refractivity contribution in [1.29, 1.82) is 0 Å². The molecule has 21 heavy (non-hydrogen) atoms. The Hall–Kier alpha value is -1.90. The van der Waals surface area contributed by atoms with E-state index in [0.717, 1.165) is 14.2 Å². The van der Waals surface area contributed by atoms with Gasteiger partial charge in [0.15, 0.2) is 0 Å². The number of methoxy groups -OCH3 is 2. The molecule has 0 aromatic carbocycles. The summed E-state index contributed by atoms with van der Waals surface area (Å²) in [5.74, 6) is -2.68. The van der Waals surface area contributed by atoms with Crippen LogP contribution in [0.3, 0.4) is 0 Å². The number of ether oxygens (including phenoxy) is 2. The molecular formula is C11H8ClF4NO4. The number of aromatic nitrogens is 1. The third-order valence-corrected chi connectivity index (χ3v) is 2.76. The zero-order chi connectivity index (χ0) is 16.3. The maximum absolute atomic E-state index is 12.9. The predicted molar refractivity (Wildman–Crippen MR) is 61.8 cm³/mol. The average molecular weight is 330 g/mol. The van der Waals surface area contributed by atoms with Gasteiger partial charge in [-0.3, -0.25) is 0 Å². The first-order chi connectivity index (χ1) is 9.76. The summed E-state index contributed by atoms with van der Waals surface area (Å²) in [7, 11) is 1.74. The van der Waals surface area contributed by atoms with Crippen molar-refractivity contribution in [3.05, 3.63) is 27.5 Å². The van der Waals surface area contributed by atoms with Crippen molar-refractivity contribution in [1.82, 2.24) is 4.98 Å². The Kier molecular flexibility index (Phi) is 5.47. The molecule has 1 aromatic rings. The molecule has 0 aliphatic heterocycles. The molecule has 0 amide bonds. The summed E-state index contributed by atoms with van der Waals surface area (Å²) in [5, 5.41) is -0.922. The number of carbonyl (C=O) groups is 2. The summed E-state index contributed by atoms with van der Waals surface area (Å²) in [6.45, 7) is 0. The van der Waals surface area contributed by atoms with Crippen molar-refractivity contribution >= 4 is 23.5 Å². The number of alkyl halides is 4. The van der Waals surface area contributed by atoms with Gasteiger partial charge in [-0.1, -0.05) is 11.6 Å². The van der Waals surface area contributed by atoms with Crippen LogP contribution in [-0.4, -0.2) is 31.1 Å². The van der Waals surface area contributed by atoms with Crippen LogP contribution in [0.1, 0.15) is 45.0 Å². The van der Waals surface area contributed by atoms with E-state index in [1.54, 1.807) is 0 Å². The van der Waals surface area contributed by atoms with Crippen molar-refractivity contribution in [3.63, 3.8) is 0 Å². The van der Waals surface area contributed by atoms with E-state index in [2.05, 4.69) is 14.5 Å². The van der Waals surface area contributed by atoms with Gasteiger partial charge in [0.05, 0.1) is 19.2 Å². The average Bonchev–Trinajstić information content (AvgIpc) is 2.44. The topological polar surface area (TPSA) is 65.5 Å². The molecule has 0 fully saturated rings. The molecular weight excluding hydrogens is 322 g/mol. The lowest BCUT2D eigenvalue weighted by Crippen LogP contribution is -2.17. The lowest BCUT2D eigenvalue weighted by Gasteiger charge is -2.15. The van der Waals surface area contributed by atoms with E-state index in [-0.39, 0.29) is 0 Å². The number of pyridine rings is 1. The molecule has 1 rings (SSSR count). The van der Waals surface area contributed by atoms with E-state index in [1.165, 1.54) is 0 Å². The normalized spacial score (nSPS) is 10.9. The van der Waals surface area contributed by atoms with Crippen LogP contribution in [-0.2, 0) is 9.47 Å². The van der Waals surface area contributed by atoms with E-state index in [4.69, 9.17) is 11.6 Å². The van der Waals surface area contributed by atoms with Crippen molar-refractivity contribution < 1.29 is 36.6 Å². The second-order valence-corrected chi connectivity index (χ2v) is 3.91. The van der Waals surface area contributed by atoms with Crippen LogP contribution in [0.4, 0.5) is 17.6 Å². The van der Waals surface area contributed by atoms with Crippen molar-refractivity contribution in [2.45, 2.75) is 12.9 Å². The molecule has 0 atom stereocenters.